The van der Waals surface area contributed by atoms with Gasteiger partial charge in [-0.05, 0) is 6.92 Å². The lowest BCUT2D eigenvalue weighted by molar-refractivity contribution is 0.0526. The van der Waals surface area contributed by atoms with E-state index in [-0.39, 0.29) is 0 Å². The van der Waals surface area contributed by atoms with E-state index in [0.29, 0.717) is 23.7 Å². The van der Waals surface area contributed by atoms with Crippen LogP contribution in [0.15, 0.2) is 24.9 Å². The van der Waals surface area contributed by atoms with Crippen molar-refractivity contribution in [2.45, 2.75) is 6.92 Å². The molecule has 2 N–H and O–H groups in total. The van der Waals surface area contributed by atoms with E-state index in [2.05, 4.69) is 15.1 Å². The van der Waals surface area contributed by atoms with E-state index in [9.17, 15) is 4.79 Å². The van der Waals surface area contributed by atoms with Crippen LogP contribution in [0.1, 0.15) is 17.3 Å². The van der Waals surface area contributed by atoms with Gasteiger partial charge in [0.05, 0.1) is 30.3 Å². The minimum Gasteiger partial charge on any atom is -0.462 e. The second-order valence-electron chi connectivity index (χ2n) is 3.20. The SMILES string of the molecule is CCOC(=O)c1cnn(-c2ncncc2N)c1. The Morgan fingerprint density at radius 1 is 1.53 bits per heavy atom. The standard InChI is InChI=1S/C10H11N5O2/c1-2-17-10(16)7-3-14-15(5-7)9-8(11)4-12-6-13-9/h3-6H,2,11H2,1H3. The summed E-state index contributed by atoms with van der Waals surface area (Å²) in [5, 5.41) is 4.00. The number of ether oxygens (including phenoxy) is 1. The van der Waals surface area contributed by atoms with Crippen molar-refractivity contribution < 1.29 is 9.53 Å². The summed E-state index contributed by atoms with van der Waals surface area (Å²) in [6.07, 6.45) is 5.74. The monoisotopic (exact) mass is 233 g/mol. The van der Waals surface area contributed by atoms with Gasteiger partial charge in [0, 0.05) is 6.20 Å². The molecule has 2 heterocycles. The zero-order valence-corrected chi connectivity index (χ0v) is 9.20. The quantitative estimate of drug-likeness (QED) is 0.772. The first kappa shape index (κ1) is 11.1. The molecule has 0 saturated carbocycles. The Morgan fingerprint density at radius 3 is 3.06 bits per heavy atom. The van der Waals surface area contributed by atoms with Crippen LogP contribution in [0.3, 0.4) is 0 Å². The third-order valence-electron chi connectivity index (χ3n) is 2.03. The van der Waals surface area contributed by atoms with Crippen molar-refractivity contribution in [1.82, 2.24) is 19.7 Å². The molecule has 2 aromatic rings. The number of hydrogen-bond acceptors (Lipinski definition) is 6. The molecule has 7 heteroatoms. The normalized spacial score (nSPS) is 10.2. The highest BCUT2D eigenvalue weighted by Gasteiger charge is 2.11. The van der Waals surface area contributed by atoms with Crippen LogP contribution >= 0.6 is 0 Å². The summed E-state index contributed by atoms with van der Waals surface area (Å²) >= 11 is 0. The fourth-order valence-corrected chi connectivity index (χ4v) is 1.28. The average Bonchev–Trinajstić information content (AvgIpc) is 2.79. The van der Waals surface area contributed by atoms with Crippen LogP contribution in [0.4, 0.5) is 5.69 Å². The molecule has 0 spiro atoms. The maximum Gasteiger partial charge on any atom is 0.341 e. The van der Waals surface area contributed by atoms with Gasteiger partial charge in [-0.15, -0.1) is 0 Å². The van der Waals surface area contributed by atoms with Gasteiger partial charge in [0.2, 0.25) is 0 Å². The Bertz CT molecular complexity index is 537. The van der Waals surface area contributed by atoms with Gasteiger partial charge in [-0.3, -0.25) is 0 Å². The first-order valence-corrected chi connectivity index (χ1v) is 5.00. The summed E-state index contributed by atoms with van der Waals surface area (Å²) in [6.45, 7) is 2.06. The number of carbonyl (C=O) groups excluding carboxylic acids is 1. The molecule has 17 heavy (non-hydrogen) atoms. The van der Waals surface area contributed by atoms with E-state index >= 15 is 0 Å². The Kier molecular flexibility index (Phi) is 2.99. The predicted molar refractivity (Wildman–Crippen MR) is 59.5 cm³/mol. The second kappa shape index (κ2) is 4.60. The minimum absolute atomic E-state index is 0.319. The third-order valence-corrected chi connectivity index (χ3v) is 2.03. The van der Waals surface area contributed by atoms with E-state index < -0.39 is 5.97 Å². The van der Waals surface area contributed by atoms with Crippen molar-refractivity contribution >= 4 is 11.7 Å². The van der Waals surface area contributed by atoms with E-state index in [1.54, 1.807) is 6.92 Å². The molecule has 0 radical (unpaired) electrons. The molecule has 0 amide bonds. The van der Waals surface area contributed by atoms with Gasteiger partial charge in [-0.2, -0.15) is 5.10 Å². The molecular weight excluding hydrogens is 222 g/mol. The first-order chi connectivity index (χ1) is 8.22. The molecule has 0 aliphatic rings. The fraction of sp³-hybridized carbons (Fsp3) is 0.200. The number of esters is 1. The predicted octanol–water partition coefficient (Wildman–Crippen LogP) is 0.421. The van der Waals surface area contributed by atoms with Crippen LogP contribution in [0.25, 0.3) is 5.82 Å². The molecule has 2 rings (SSSR count). The van der Waals surface area contributed by atoms with Crippen LogP contribution < -0.4 is 5.73 Å². The van der Waals surface area contributed by atoms with E-state index in [4.69, 9.17) is 10.5 Å². The van der Waals surface area contributed by atoms with Crippen molar-refractivity contribution in [2.75, 3.05) is 12.3 Å². The minimum atomic E-state index is -0.425. The summed E-state index contributed by atoms with van der Waals surface area (Å²) in [6, 6.07) is 0. The highest BCUT2D eigenvalue weighted by molar-refractivity contribution is 5.88. The van der Waals surface area contributed by atoms with Crippen LogP contribution in [-0.4, -0.2) is 32.3 Å². The van der Waals surface area contributed by atoms with Crippen LogP contribution in [0, 0.1) is 0 Å². The van der Waals surface area contributed by atoms with Gasteiger partial charge in [-0.25, -0.2) is 19.4 Å². The van der Waals surface area contributed by atoms with Crippen molar-refractivity contribution in [1.29, 1.82) is 0 Å². The third kappa shape index (κ3) is 2.22. The van der Waals surface area contributed by atoms with Crippen molar-refractivity contribution in [3.8, 4) is 5.82 Å². The summed E-state index contributed by atoms with van der Waals surface area (Å²) in [4.78, 5) is 19.2. The molecule has 0 aliphatic heterocycles. The molecule has 2 aromatic heterocycles. The molecule has 0 fully saturated rings. The number of hydrogen-bond donors (Lipinski definition) is 1. The van der Waals surface area contributed by atoms with Gasteiger partial charge < -0.3 is 10.5 Å². The Hall–Kier alpha value is -2.44. The Morgan fingerprint density at radius 2 is 2.35 bits per heavy atom. The van der Waals surface area contributed by atoms with Gasteiger partial charge >= 0.3 is 5.97 Å². The van der Waals surface area contributed by atoms with Gasteiger partial charge in [0.1, 0.15) is 6.33 Å². The van der Waals surface area contributed by atoms with E-state index in [1.165, 1.54) is 29.6 Å². The average molecular weight is 233 g/mol. The van der Waals surface area contributed by atoms with E-state index in [0.717, 1.165) is 0 Å². The summed E-state index contributed by atoms with van der Waals surface area (Å²) < 4.78 is 6.26. The summed E-state index contributed by atoms with van der Waals surface area (Å²) in [5.41, 5.74) is 6.43. The summed E-state index contributed by atoms with van der Waals surface area (Å²) in [7, 11) is 0. The van der Waals surface area contributed by atoms with Crippen molar-refractivity contribution in [3.63, 3.8) is 0 Å². The zero-order chi connectivity index (χ0) is 12.3. The lowest BCUT2D eigenvalue weighted by Gasteiger charge is -2.02. The summed E-state index contributed by atoms with van der Waals surface area (Å²) in [5.74, 6) is 0.00178. The number of nitrogens with zero attached hydrogens (tertiary/aromatic N) is 4. The molecule has 88 valence electrons. The number of nitrogens with two attached hydrogens (primary N) is 1. The van der Waals surface area contributed by atoms with Crippen LogP contribution in [0.2, 0.25) is 0 Å². The van der Waals surface area contributed by atoms with Gasteiger partial charge in [0.25, 0.3) is 0 Å². The lowest BCUT2D eigenvalue weighted by Crippen LogP contribution is -2.05. The molecule has 0 saturated heterocycles. The Labute approximate surface area is 97.2 Å². The van der Waals surface area contributed by atoms with Crippen LogP contribution in [-0.2, 0) is 4.74 Å². The lowest BCUT2D eigenvalue weighted by atomic mass is 10.4. The number of anilines is 1. The number of aromatic nitrogens is 4. The maximum atomic E-state index is 11.4. The van der Waals surface area contributed by atoms with Crippen LogP contribution in [0.5, 0.6) is 0 Å². The van der Waals surface area contributed by atoms with E-state index in [1.807, 2.05) is 0 Å². The topological polar surface area (TPSA) is 95.9 Å². The highest BCUT2D eigenvalue weighted by Crippen LogP contribution is 2.12. The molecule has 0 atom stereocenters. The number of nitrogen functional groups attached to an aromatic ring is 1. The molecular formula is C10H11N5O2. The smallest absolute Gasteiger partial charge is 0.341 e. The molecule has 0 bridgehead atoms. The second-order valence-corrected chi connectivity index (χ2v) is 3.20. The molecule has 0 aromatic carbocycles. The van der Waals surface area contributed by atoms with Crippen molar-refractivity contribution in [3.05, 3.63) is 30.5 Å². The molecule has 7 nitrogen and oxygen atoms in total. The first-order valence-electron chi connectivity index (χ1n) is 5.00. The molecule has 0 aliphatic carbocycles. The zero-order valence-electron chi connectivity index (χ0n) is 9.20. The highest BCUT2D eigenvalue weighted by atomic mass is 16.5. The van der Waals surface area contributed by atoms with Gasteiger partial charge in [0.15, 0.2) is 5.82 Å². The van der Waals surface area contributed by atoms with Crippen molar-refractivity contribution in [2.24, 2.45) is 0 Å². The molecule has 0 unspecified atom stereocenters. The maximum absolute atomic E-state index is 11.4. The fourth-order valence-electron chi connectivity index (χ4n) is 1.28. The number of carbonyl (C=O) groups is 1. The Balaban J connectivity index is 2.30. The number of rotatable bonds is 3. The largest absolute Gasteiger partial charge is 0.462 e. The van der Waals surface area contributed by atoms with Gasteiger partial charge in [-0.1, -0.05) is 0 Å².